The molecular weight excluding hydrogens is 432 g/mol. The van der Waals surface area contributed by atoms with Crippen LogP contribution in [0.25, 0.3) is 0 Å². The molecule has 178 valence electrons. The molecule has 1 saturated carbocycles. The minimum absolute atomic E-state index is 0.0845. The number of carbonyl (C=O) groups excluding carboxylic acids is 2. The zero-order chi connectivity index (χ0) is 24.0. The van der Waals surface area contributed by atoms with Gasteiger partial charge in [0.2, 0.25) is 5.91 Å². The first-order valence-corrected chi connectivity index (χ1v) is 15.4. The molecule has 2 amide bonds. The average molecular weight is 469 g/mol. The standard InChI is InChI=1S/C25H36N4O3Si/c1-7-32-19(17-12-9-8-10-13-17)22(30)29-16-18-20(24(29,2)3)27-28-21(18)26-23(31)25(14-11-15-25)33(4,5)6/h8-10,12-13,19H,7,11,14-16H2,1-6H3,(H2,26,27,28,31). The molecule has 0 saturated heterocycles. The highest BCUT2D eigenvalue weighted by Crippen LogP contribution is 2.56. The molecule has 0 spiro atoms. The van der Waals surface area contributed by atoms with Crippen molar-refractivity contribution >= 4 is 25.7 Å². The first-order valence-electron chi connectivity index (χ1n) is 11.9. The van der Waals surface area contributed by atoms with Crippen LogP contribution in [-0.2, 0) is 26.4 Å². The molecule has 2 heterocycles. The third-order valence-electron chi connectivity index (χ3n) is 7.71. The van der Waals surface area contributed by atoms with Crippen molar-refractivity contribution in [2.75, 3.05) is 11.9 Å². The van der Waals surface area contributed by atoms with Crippen LogP contribution >= 0.6 is 0 Å². The fourth-order valence-corrected chi connectivity index (χ4v) is 7.89. The van der Waals surface area contributed by atoms with Gasteiger partial charge in [-0.3, -0.25) is 14.7 Å². The Morgan fingerprint density at radius 3 is 2.42 bits per heavy atom. The molecule has 8 heteroatoms. The van der Waals surface area contributed by atoms with Crippen molar-refractivity contribution in [3.63, 3.8) is 0 Å². The Bertz CT molecular complexity index is 1040. The lowest BCUT2D eigenvalue weighted by Crippen LogP contribution is -2.52. The maximum atomic E-state index is 13.7. The van der Waals surface area contributed by atoms with Crippen molar-refractivity contribution in [1.82, 2.24) is 15.1 Å². The van der Waals surface area contributed by atoms with Crippen LogP contribution < -0.4 is 5.32 Å². The maximum Gasteiger partial charge on any atom is 0.257 e. The predicted octanol–water partition coefficient (Wildman–Crippen LogP) is 4.97. The van der Waals surface area contributed by atoms with Crippen molar-refractivity contribution in [2.24, 2.45) is 0 Å². The first kappa shape index (κ1) is 23.7. The van der Waals surface area contributed by atoms with Crippen molar-refractivity contribution < 1.29 is 14.3 Å². The molecule has 1 aliphatic carbocycles. The van der Waals surface area contributed by atoms with Gasteiger partial charge in [-0.25, -0.2) is 0 Å². The number of ether oxygens (including phenoxy) is 1. The quantitative estimate of drug-likeness (QED) is 0.562. The fourth-order valence-electron chi connectivity index (χ4n) is 5.29. The number of nitrogens with one attached hydrogen (secondary N) is 2. The van der Waals surface area contributed by atoms with E-state index < -0.39 is 19.7 Å². The highest BCUT2D eigenvalue weighted by atomic mass is 28.3. The van der Waals surface area contributed by atoms with E-state index in [1.54, 1.807) is 0 Å². The molecule has 2 N–H and O–H groups in total. The Hall–Kier alpha value is -2.45. The lowest BCUT2D eigenvalue weighted by molar-refractivity contribution is -0.149. The number of benzene rings is 1. The van der Waals surface area contributed by atoms with E-state index in [2.05, 4.69) is 35.2 Å². The summed E-state index contributed by atoms with van der Waals surface area (Å²) in [7, 11) is -1.70. The average Bonchev–Trinajstić information content (AvgIpc) is 3.22. The lowest BCUT2D eigenvalue weighted by Gasteiger charge is -2.48. The number of fused-ring (bicyclic) bond motifs is 1. The van der Waals surface area contributed by atoms with E-state index in [0.29, 0.717) is 19.0 Å². The molecule has 0 bridgehead atoms. The Morgan fingerprint density at radius 2 is 1.88 bits per heavy atom. The molecule has 1 atom stereocenters. The topological polar surface area (TPSA) is 87.3 Å². The zero-order valence-corrected chi connectivity index (χ0v) is 21.6. The van der Waals surface area contributed by atoms with Crippen LogP contribution in [-0.4, -0.2) is 41.6 Å². The van der Waals surface area contributed by atoms with Gasteiger partial charge in [-0.2, -0.15) is 5.10 Å². The molecule has 1 aromatic carbocycles. The van der Waals surface area contributed by atoms with Gasteiger partial charge in [0.1, 0.15) is 0 Å². The van der Waals surface area contributed by atoms with Crippen molar-refractivity contribution in [2.45, 2.75) is 82.9 Å². The number of rotatable bonds is 7. The number of aromatic nitrogens is 2. The van der Waals surface area contributed by atoms with Gasteiger partial charge in [0, 0.05) is 17.2 Å². The van der Waals surface area contributed by atoms with Gasteiger partial charge in [-0.05, 0) is 39.2 Å². The van der Waals surface area contributed by atoms with Crippen LogP contribution in [0.2, 0.25) is 24.7 Å². The fraction of sp³-hybridized carbons (Fsp3) is 0.560. The summed E-state index contributed by atoms with van der Waals surface area (Å²) < 4.78 is 5.89. The monoisotopic (exact) mass is 468 g/mol. The Balaban J connectivity index is 1.59. The minimum Gasteiger partial charge on any atom is -0.364 e. The molecule has 1 fully saturated rings. The molecule has 2 aliphatic rings. The second kappa shape index (κ2) is 8.40. The SMILES string of the molecule is CCOC(C(=O)N1Cc2c(NC(=O)C3([Si](C)(C)C)CCC3)n[nH]c2C1(C)C)c1ccccc1. The van der Waals surface area contributed by atoms with Gasteiger partial charge in [-0.1, -0.05) is 56.4 Å². The van der Waals surface area contributed by atoms with E-state index in [9.17, 15) is 9.59 Å². The van der Waals surface area contributed by atoms with Crippen molar-refractivity contribution in [3.8, 4) is 0 Å². The number of hydrogen-bond donors (Lipinski definition) is 2. The summed E-state index contributed by atoms with van der Waals surface area (Å²) in [6.07, 6.45) is 2.33. The van der Waals surface area contributed by atoms with E-state index in [-0.39, 0.29) is 16.9 Å². The first-order chi connectivity index (χ1) is 15.5. The van der Waals surface area contributed by atoms with Crippen LogP contribution in [0.3, 0.4) is 0 Å². The number of hydrogen-bond acceptors (Lipinski definition) is 4. The van der Waals surface area contributed by atoms with Crippen LogP contribution in [0.1, 0.15) is 63.0 Å². The van der Waals surface area contributed by atoms with Gasteiger partial charge in [-0.15, -0.1) is 0 Å². The maximum absolute atomic E-state index is 13.7. The van der Waals surface area contributed by atoms with Crippen molar-refractivity contribution in [3.05, 3.63) is 47.2 Å². The van der Waals surface area contributed by atoms with Gasteiger partial charge in [0.15, 0.2) is 11.9 Å². The Labute approximate surface area is 197 Å². The summed E-state index contributed by atoms with van der Waals surface area (Å²) >= 11 is 0. The molecule has 2 aromatic rings. The van der Waals surface area contributed by atoms with Gasteiger partial charge in [0.25, 0.3) is 5.91 Å². The molecule has 33 heavy (non-hydrogen) atoms. The summed E-state index contributed by atoms with van der Waals surface area (Å²) in [5.41, 5.74) is 1.99. The molecule has 1 aliphatic heterocycles. The predicted molar refractivity (Wildman–Crippen MR) is 131 cm³/mol. The normalized spacial score (nSPS) is 19.5. The minimum atomic E-state index is -1.70. The van der Waals surface area contributed by atoms with Crippen LogP contribution in [0, 0.1) is 0 Å². The van der Waals surface area contributed by atoms with Crippen LogP contribution in [0.15, 0.2) is 30.3 Å². The summed E-state index contributed by atoms with van der Waals surface area (Å²) in [5, 5.41) is 10.5. The zero-order valence-electron chi connectivity index (χ0n) is 20.6. The molecule has 1 aromatic heterocycles. The highest BCUT2D eigenvalue weighted by Gasteiger charge is 2.54. The largest absolute Gasteiger partial charge is 0.364 e. The van der Waals surface area contributed by atoms with E-state index in [1.165, 1.54) is 0 Å². The van der Waals surface area contributed by atoms with E-state index >= 15 is 0 Å². The smallest absolute Gasteiger partial charge is 0.257 e. The third-order valence-corrected chi connectivity index (χ3v) is 11.3. The summed E-state index contributed by atoms with van der Waals surface area (Å²) in [6, 6.07) is 9.60. The Morgan fingerprint density at radius 1 is 1.21 bits per heavy atom. The summed E-state index contributed by atoms with van der Waals surface area (Å²) in [4.78, 5) is 28.9. The van der Waals surface area contributed by atoms with Crippen LogP contribution in [0.5, 0.6) is 0 Å². The second-order valence-electron chi connectivity index (χ2n) is 10.8. The Kier molecular flexibility index (Phi) is 6.03. The van der Waals surface area contributed by atoms with E-state index in [4.69, 9.17) is 4.74 Å². The van der Waals surface area contributed by atoms with Gasteiger partial charge >= 0.3 is 0 Å². The van der Waals surface area contributed by atoms with Crippen LogP contribution in [0.4, 0.5) is 5.82 Å². The highest BCUT2D eigenvalue weighted by molar-refractivity contribution is 6.83. The van der Waals surface area contributed by atoms with Crippen molar-refractivity contribution in [1.29, 1.82) is 0 Å². The van der Waals surface area contributed by atoms with E-state index in [1.807, 2.05) is 56.0 Å². The number of nitrogens with zero attached hydrogens (tertiary/aromatic N) is 2. The van der Waals surface area contributed by atoms with E-state index in [0.717, 1.165) is 36.1 Å². The second-order valence-corrected chi connectivity index (χ2v) is 16.3. The summed E-state index contributed by atoms with van der Waals surface area (Å²) in [6.45, 7) is 13.5. The van der Waals surface area contributed by atoms with Gasteiger partial charge < -0.3 is 15.0 Å². The molecule has 1 unspecified atom stereocenters. The number of amides is 2. The molecule has 7 nitrogen and oxygen atoms in total. The summed E-state index contributed by atoms with van der Waals surface area (Å²) in [5.74, 6) is 0.546. The van der Waals surface area contributed by atoms with Gasteiger partial charge in [0.05, 0.1) is 25.9 Å². The molecule has 0 radical (unpaired) electrons. The lowest BCUT2D eigenvalue weighted by atomic mass is 9.83. The molecule has 4 rings (SSSR count). The molecular formula is C25H36N4O3Si. The third kappa shape index (κ3) is 3.83. The number of H-pyrrole nitrogens is 1. The number of aromatic amines is 1. The number of carbonyl (C=O) groups is 2. The number of anilines is 1.